The van der Waals surface area contributed by atoms with Gasteiger partial charge in [-0.3, -0.25) is 10.9 Å². The molecule has 0 atom stereocenters. The van der Waals surface area contributed by atoms with E-state index in [0.717, 1.165) is 64.0 Å². The van der Waals surface area contributed by atoms with E-state index >= 15 is 0 Å². The first kappa shape index (κ1) is 21.7. The van der Waals surface area contributed by atoms with Crippen molar-refractivity contribution in [3.8, 4) is 0 Å². The van der Waals surface area contributed by atoms with Crippen molar-refractivity contribution >= 4 is 35.1 Å². The quantitative estimate of drug-likeness (QED) is 0.617. The topological polar surface area (TPSA) is 69.2 Å². The Labute approximate surface area is 184 Å². The Morgan fingerprint density at radius 3 is 1.81 bits per heavy atom. The van der Waals surface area contributed by atoms with Crippen LogP contribution >= 0.6 is 11.6 Å². The summed E-state index contributed by atoms with van der Waals surface area (Å²) in [5.41, 5.74) is 5.21. The van der Waals surface area contributed by atoms with Gasteiger partial charge in [0.15, 0.2) is 0 Å². The largest absolute Gasteiger partial charge is 0.416 e. The minimum absolute atomic E-state index is 0.0520. The zero-order valence-corrected chi connectivity index (χ0v) is 17.8. The highest BCUT2D eigenvalue weighted by atomic mass is 35.5. The molecule has 0 saturated carbocycles. The molecule has 3 heterocycles. The molecule has 2 aliphatic heterocycles. The molecule has 0 bridgehead atoms. The molecule has 2 N–H and O–H groups in total. The minimum atomic E-state index is -4.45. The summed E-state index contributed by atoms with van der Waals surface area (Å²) in [6.07, 6.45) is 2.30. The molecule has 0 radical (unpaired) electrons. The Hall–Kier alpha value is -2.49. The van der Waals surface area contributed by atoms with Gasteiger partial charge >= 0.3 is 6.18 Å². The molecule has 0 amide bonds. The number of rotatable bonds is 5. The third-order valence-corrected chi connectivity index (χ3v) is 5.81. The summed E-state index contributed by atoms with van der Waals surface area (Å²) >= 11 is 6.04. The maximum Gasteiger partial charge on any atom is 0.416 e. The van der Waals surface area contributed by atoms with Crippen molar-refractivity contribution < 1.29 is 13.2 Å². The normalized spacial score (nSPS) is 17.5. The second kappa shape index (κ2) is 9.33. The fourth-order valence-corrected chi connectivity index (χ4v) is 4.02. The van der Waals surface area contributed by atoms with Gasteiger partial charge in [0.05, 0.1) is 16.3 Å². The van der Waals surface area contributed by atoms with E-state index in [0.29, 0.717) is 23.5 Å². The lowest BCUT2D eigenvalue weighted by molar-refractivity contribution is -0.137. The van der Waals surface area contributed by atoms with Gasteiger partial charge < -0.3 is 9.80 Å². The molecule has 11 heteroatoms. The predicted octanol–water partition coefficient (Wildman–Crippen LogP) is 4.96. The number of nitrogens with zero attached hydrogens (tertiary/aromatic N) is 5. The van der Waals surface area contributed by atoms with Crippen LogP contribution in [0.4, 0.5) is 36.7 Å². The molecule has 31 heavy (non-hydrogen) atoms. The van der Waals surface area contributed by atoms with Crippen LogP contribution in [-0.2, 0) is 6.18 Å². The first-order valence-corrected chi connectivity index (χ1v) is 10.9. The number of piperidine rings is 2. The Morgan fingerprint density at radius 2 is 1.32 bits per heavy atom. The van der Waals surface area contributed by atoms with Crippen molar-refractivity contribution in [2.24, 2.45) is 0 Å². The van der Waals surface area contributed by atoms with E-state index in [4.69, 9.17) is 16.6 Å². The molecule has 7 nitrogen and oxygen atoms in total. The van der Waals surface area contributed by atoms with Gasteiger partial charge in [0.1, 0.15) is 0 Å². The van der Waals surface area contributed by atoms with E-state index in [2.05, 4.69) is 30.6 Å². The second-order valence-electron chi connectivity index (χ2n) is 7.80. The Morgan fingerprint density at radius 1 is 0.774 bits per heavy atom. The van der Waals surface area contributed by atoms with Gasteiger partial charge in [-0.2, -0.15) is 28.1 Å². The molecule has 1 aromatic heterocycles. The van der Waals surface area contributed by atoms with Crippen LogP contribution in [0, 0.1) is 0 Å². The number of nitrogens with one attached hydrogen (secondary N) is 2. The molecule has 2 saturated heterocycles. The van der Waals surface area contributed by atoms with Gasteiger partial charge in [-0.25, -0.2) is 0 Å². The summed E-state index contributed by atoms with van der Waals surface area (Å²) in [6.45, 7) is 3.56. The Bertz CT molecular complexity index is 861. The molecule has 0 aliphatic carbocycles. The van der Waals surface area contributed by atoms with E-state index < -0.39 is 11.7 Å². The van der Waals surface area contributed by atoms with E-state index in [1.54, 1.807) is 0 Å². The molecule has 2 aromatic rings. The lowest BCUT2D eigenvalue weighted by Gasteiger charge is -2.30. The SMILES string of the molecule is FC(F)(F)c1ccc(NNc2nc(N3CCCCC3)nc(N3CCCCC3)n2)c(Cl)c1. The number of aromatic nitrogens is 3. The molecule has 1 aromatic carbocycles. The van der Waals surface area contributed by atoms with Crippen LogP contribution in [0.15, 0.2) is 18.2 Å². The highest BCUT2D eigenvalue weighted by molar-refractivity contribution is 6.33. The Kier molecular flexibility index (Phi) is 6.54. The zero-order chi connectivity index (χ0) is 21.8. The minimum Gasteiger partial charge on any atom is -0.341 e. The maximum atomic E-state index is 12.9. The van der Waals surface area contributed by atoms with Crippen molar-refractivity contribution in [3.63, 3.8) is 0 Å². The molecule has 168 valence electrons. The number of benzene rings is 1. The molecular formula is C20H25ClF3N7. The Balaban J connectivity index is 1.55. The number of hydrazine groups is 1. The van der Waals surface area contributed by atoms with Crippen LogP contribution < -0.4 is 20.7 Å². The standard InChI is InChI=1S/C20H25ClF3N7/c21-15-13-14(20(22,23)24)7-8-16(15)28-29-17-25-18(30-9-3-1-4-10-30)27-19(26-17)31-11-5-2-6-12-31/h7-8,13,28H,1-6,9-12H2,(H,25,26,27,29). The fraction of sp³-hybridized carbons (Fsp3) is 0.550. The monoisotopic (exact) mass is 455 g/mol. The van der Waals surface area contributed by atoms with E-state index in [-0.39, 0.29) is 5.02 Å². The predicted molar refractivity (Wildman–Crippen MR) is 116 cm³/mol. The third-order valence-electron chi connectivity index (χ3n) is 5.49. The lowest BCUT2D eigenvalue weighted by Crippen LogP contribution is -2.34. The van der Waals surface area contributed by atoms with Crippen molar-refractivity contribution in [1.82, 2.24) is 15.0 Å². The number of alkyl halides is 3. The van der Waals surface area contributed by atoms with Crippen LogP contribution in [0.3, 0.4) is 0 Å². The van der Waals surface area contributed by atoms with E-state index in [1.807, 2.05) is 0 Å². The van der Waals surface area contributed by atoms with Crippen molar-refractivity contribution in [2.45, 2.75) is 44.7 Å². The van der Waals surface area contributed by atoms with Crippen LogP contribution in [0.1, 0.15) is 44.1 Å². The van der Waals surface area contributed by atoms with Crippen LogP contribution in [0.2, 0.25) is 5.02 Å². The molecule has 4 rings (SSSR count). The van der Waals surface area contributed by atoms with E-state index in [1.165, 1.54) is 18.9 Å². The maximum absolute atomic E-state index is 12.9. The zero-order valence-electron chi connectivity index (χ0n) is 17.1. The molecule has 0 spiro atoms. The number of halogens is 4. The van der Waals surface area contributed by atoms with E-state index in [9.17, 15) is 13.2 Å². The summed E-state index contributed by atoms with van der Waals surface area (Å²) in [5, 5.41) is -0.0520. The number of anilines is 4. The molecular weight excluding hydrogens is 431 g/mol. The van der Waals surface area contributed by atoms with Crippen LogP contribution in [0.5, 0.6) is 0 Å². The van der Waals surface area contributed by atoms with Gasteiger partial charge in [-0.1, -0.05) is 11.6 Å². The smallest absolute Gasteiger partial charge is 0.341 e. The average molecular weight is 456 g/mol. The van der Waals surface area contributed by atoms with Crippen molar-refractivity contribution in [1.29, 1.82) is 0 Å². The first-order chi connectivity index (χ1) is 14.9. The average Bonchev–Trinajstić information content (AvgIpc) is 2.78. The second-order valence-corrected chi connectivity index (χ2v) is 8.20. The summed E-state index contributed by atoms with van der Waals surface area (Å²) in [6, 6.07) is 3.13. The highest BCUT2D eigenvalue weighted by Crippen LogP contribution is 2.33. The van der Waals surface area contributed by atoms with Crippen LogP contribution in [0.25, 0.3) is 0 Å². The van der Waals surface area contributed by atoms with Gasteiger partial charge in [0, 0.05) is 26.2 Å². The van der Waals surface area contributed by atoms with Gasteiger partial charge in [0.2, 0.25) is 17.8 Å². The highest BCUT2D eigenvalue weighted by Gasteiger charge is 2.31. The van der Waals surface area contributed by atoms with Crippen molar-refractivity contribution in [3.05, 3.63) is 28.8 Å². The molecule has 2 aliphatic rings. The fourth-order valence-electron chi connectivity index (χ4n) is 3.80. The van der Waals surface area contributed by atoms with Gasteiger partial charge in [-0.15, -0.1) is 0 Å². The van der Waals surface area contributed by atoms with Crippen LogP contribution in [-0.4, -0.2) is 41.1 Å². The summed E-state index contributed by atoms with van der Waals surface area (Å²) < 4.78 is 38.6. The molecule has 0 unspecified atom stereocenters. The summed E-state index contributed by atoms with van der Waals surface area (Å²) in [5.74, 6) is 1.52. The van der Waals surface area contributed by atoms with Gasteiger partial charge in [-0.05, 0) is 56.7 Å². The first-order valence-electron chi connectivity index (χ1n) is 10.5. The number of hydrogen-bond acceptors (Lipinski definition) is 7. The number of hydrogen-bond donors (Lipinski definition) is 2. The summed E-state index contributed by atoms with van der Waals surface area (Å²) in [4.78, 5) is 18.1. The van der Waals surface area contributed by atoms with Gasteiger partial charge in [0.25, 0.3) is 0 Å². The summed E-state index contributed by atoms with van der Waals surface area (Å²) in [7, 11) is 0. The van der Waals surface area contributed by atoms with Crippen molar-refractivity contribution in [2.75, 3.05) is 46.8 Å². The lowest BCUT2D eigenvalue weighted by atomic mass is 10.1. The third kappa shape index (κ3) is 5.41. The molecule has 2 fully saturated rings.